The summed E-state index contributed by atoms with van der Waals surface area (Å²) in [6, 6.07) is 7.39. The largest absolute Gasteiger partial charge is 0.356 e. The summed E-state index contributed by atoms with van der Waals surface area (Å²) in [5.41, 5.74) is 0.995. The van der Waals surface area contributed by atoms with E-state index in [4.69, 9.17) is 11.6 Å². The fourth-order valence-electron chi connectivity index (χ4n) is 1.73. The zero-order valence-corrected chi connectivity index (χ0v) is 11.3. The van der Waals surface area contributed by atoms with Crippen molar-refractivity contribution >= 4 is 17.5 Å². The number of hydrogen-bond acceptors (Lipinski definition) is 1. The van der Waals surface area contributed by atoms with Crippen LogP contribution in [-0.2, 0) is 11.2 Å². The van der Waals surface area contributed by atoms with Gasteiger partial charge in [-0.3, -0.25) is 4.79 Å². The summed E-state index contributed by atoms with van der Waals surface area (Å²) >= 11 is 5.79. The van der Waals surface area contributed by atoms with Gasteiger partial charge in [0, 0.05) is 11.6 Å². The lowest BCUT2D eigenvalue weighted by Crippen LogP contribution is -2.29. The van der Waals surface area contributed by atoms with E-state index in [1.165, 1.54) is 0 Å². The molecule has 1 unspecified atom stereocenters. The van der Waals surface area contributed by atoms with E-state index in [-0.39, 0.29) is 5.91 Å². The minimum atomic E-state index is 0.0790. The predicted octanol–water partition coefficient (Wildman–Crippen LogP) is 3.43. The first-order valence-electron chi connectivity index (χ1n) is 6.13. The molecule has 1 aromatic rings. The van der Waals surface area contributed by atoms with Crippen LogP contribution in [0.4, 0.5) is 0 Å². The molecule has 0 saturated heterocycles. The maximum absolute atomic E-state index is 11.7. The van der Waals surface area contributed by atoms with Crippen LogP contribution in [-0.4, -0.2) is 12.5 Å². The molecule has 3 heteroatoms. The Balaban J connectivity index is 2.32. The number of nitrogens with one attached hydrogen (secondary N) is 1. The second kappa shape index (κ2) is 7.33. The molecule has 0 bridgehead atoms. The molecule has 1 amide bonds. The molecule has 1 atom stereocenters. The molecule has 0 aliphatic rings. The van der Waals surface area contributed by atoms with E-state index in [1.807, 2.05) is 24.3 Å². The molecule has 2 nitrogen and oxygen atoms in total. The molecule has 0 saturated carbocycles. The molecule has 1 rings (SSSR count). The predicted molar refractivity (Wildman–Crippen MR) is 72.2 cm³/mol. The molecular formula is C14H20ClNO. The molecule has 0 radical (unpaired) electrons. The summed E-state index contributed by atoms with van der Waals surface area (Å²) in [7, 11) is 0. The van der Waals surface area contributed by atoms with Crippen molar-refractivity contribution in [1.82, 2.24) is 5.32 Å². The zero-order chi connectivity index (χ0) is 12.7. The third-order valence-corrected chi connectivity index (χ3v) is 2.96. The van der Waals surface area contributed by atoms with Gasteiger partial charge in [0.15, 0.2) is 0 Å². The van der Waals surface area contributed by atoms with Crippen LogP contribution in [0.1, 0.15) is 32.3 Å². The van der Waals surface area contributed by atoms with Crippen molar-refractivity contribution in [2.75, 3.05) is 6.54 Å². The number of hydrogen-bond donors (Lipinski definition) is 1. The molecule has 0 aliphatic carbocycles. The van der Waals surface area contributed by atoms with Gasteiger partial charge in [0.05, 0.1) is 6.42 Å². The summed E-state index contributed by atoms with van der Waals surface area (Å²) in [6.45, 7) is 5.08. The molecular weight excluding hydrogens is 234 g/mol. The Kier molecular flexibility index (Phi) is 6.06. The van der Waals surface area contributed by atoms with Crippen molar-refractivity contribution in [3.63, 3.8) is 0 Å². The molecule has 1 N–H and O–H groups in total. The van der Waals surface area contributed by atoms with Crippen molar-refractivity contribution in [2.24, 2.45) is 5.92 Å². The van der Waals surface area contributed by atoms with Gasteiger partial charge >= 0.3 is 0 Å². The fraction of sp³-hybridized carbons (Fsp3) is 0.500. The monoisotopic (exact) mass is 253 g/mol. The van der Waals surface area contributed by atoms with Crippen LogP contribution in [0.5, 0.6) is 0 Å². The van der Waals surface area contributed by atoms with E-state index < -0.39 is 0 Å². The minimum Gasteiger partial charge on any atom is -0.356 e. The standard InChI is InChI=1S/C14H20ClNO/c1-3-4-11(2)10-16-14(17)9-12-5-7-13(15)8-6-12/h5-8,11H,3-4,9-10H2,1-2H3,(H,16,17). The molecule has 0 aromatic heterocycles. The number of benzene rings is 1. The van der Waals surface area contributed by atoms with Gasteiger partial charge in [0.25, 0.3) is 0 Å². The van der Waals surface area contributed by atoms with Gasteiger partial charge in [-0.1, -0.05) is 44.0 Å². The average Bonchev–Trinajstić information content (AvgIpc) is 2.30. The lowest BCUT2D eigenvalue weighted by atomic mass is 10.1. The fourth-order valence-corrected chi connectivity index (χ4v) is 1.86. The van der Waals surface area contributed by atoms with Gasteiger partial charge in [-0.2, -0.15) is 0 Å². The van der Waals surface area contributed by atoms with Crippen LogP contribution in [0, 0.1) is 5.92 Å². The van der Waals surface area contributed by atoms with E-state index >= 15 is 0 Å². The molecule has 0 spiro atoms. The highest BCUT2D eigenvalue weighted by molar-refractivity contribution is 6.30. The Morgan fingerprint density at radius 3 is 2.59 bits per heavy atom. The van der Waals surface area contributed by atoms with Crippen LogP contribution in [0.15, 0.2) is 24.3 Å². The maximum atomic E-state index is 11.7. The van der Waals surface area contributed by atoms with Crippen LogP contribution in [0.2, 0.25) is 5.02 Å². The van der Waals surface area contributed by atoms with Gasteiger partial charge in [-0.25, -0.2) is 0 Å². The first-order chi connectivity index (χ1) is 8.11. The topological polar surface area (TPSA) is 29.1 Å². The van der Waals surface area contributed by atoms with E-state index in [0.717, 1.165) is 24.9 Å². The van der Waals surface area contributed by atoms with Crippen molar-refractivity contribution in [2.45, 2.75) is 33.1 Å². The average molecular weight is 254 g/mol. The zero-order valence-electron chi connectivity index (χ0n) is 10.5. The third-order valence-electron chi connectivity index (χ3n) is 2.71. The Morgan fingerprint density at radius 1 is 1.35 bits per heavy atom. The van der Waals surface area contributed by atoms with Gasteiger partial charge < -0.3 is 5.32 Å². The van der Waals surface area contributed by atoms with Crippen molar-refractivity contribution < 1.29 is 4.79 Å². The van der Waals surface area contributed by atoms with Gasteiger partial charge in [0.1, 0.15) is 0 Å². The second-order valence-corrected chi connectivity index (χ2v) is 4.94. The highest BCUT2D eigenvalue weighted by atomic mass is 35.5. The lowest BCUT2D eigenvalue weighted by molar-refractivity contribution is -0.120. The number of rotatable bonds is 6. The van der Waals surface area contributed by atoms with Crippen LogP contribution in [0.3, 0.4) is 0 Å². The first-order valence-corrected chi connectivity index (χ1v) is 6.50. The van der Waals surface area contributed by atoms with E-state index in [0.29, 0.717) is 17.4 Å². The Hall–Kier alpha value is -1.02. The van der Waals surface area contributed by atoms with E-state index in [2.05, 4.69) is 19.2 Å². The van der Waals surface area contributed by atoms with Crippen molar-refractivity contribution in [3.05, 3.63) is 34.9 Å². The third kappa shape index (κ3) is 5.73. The Morgan fingerprint density at radius 2 is 2.00 bits per heavy atom. The van der Waals surface area contributed by atoms with E-state index in [1.54, 1.807) is 0 Å². The molecule has 17 heavy (non-hydrogen) atoms. The minimum absolute atomic E-state index is 0.0790. The Labute approximate surface area is 108 Å². The molecule has 0 fully saturated rings. The summed E-state index contributed by atoms with van der Waals surface area (Å²) in [5.74, 6) is 0.629. The highest BCUT2D eigenvalue weighted by Gasteiger charge is 2.05. The van der Waals surface area contributed by atoms with Crippen LogP contribution < -0.4 is 5.32 Å². The molecule has 0 heterocycles. The number of carbonyl (C=O) groups is 1. The smallest absolute Gasteiger partial charge is 0.224 e. The van der Waals surface area contributed by atoms with Gasteiger partial charge in [-0.05, 0) is 30.0 Å². The molecule has 1 aromatic carbocycles. The summed E-state index contributed by atoms with van der Waals surface area (Å²) in [5, 5.41) is 3.66. The van der Waals surface area contributed by atoms with Crippen LogP contribution >= 0.6 is 11.6 Å². The number of carbonyl (C=O) groups excluding carboxylic acids is 1. The Bertz CT molecular complexity index is 348. The first kappa shape index (κ1) is 14.0. The molecule has 0 aliphatic heterocycles. The number of halogens is 1. The second-order valence-electron chi connectivity index (χ2n) is 4.50. The van der Waals surface area contributed by atoms with E-state index in [9.17, 15) is 4.79 Å². The lowest BCUT2D eigenvalue weighted by Gasteiger charge is -2.11. The number of amides is 1. The summed E-state index contributed by atoms with van der Waals surface area (Å²) < 4.78 is 0. The van der Waals surface area contributed by atoms with Gasteiger partial charge in [0.2, 0.25) is 5.91 Å². The summed E-state index contributed by atoms with van der Waals surface area (Å²) in [4.78, 5) is 11.7. The maximum Gasteiger partial charge on any atom is 0.224 e. The SMILES string of the molecule is CCCC(C)CNC(=O)Cc1ccc(Cl)cc1. The van der Waals surface area contributed by atoms with Crippen LogP contribution in [0.25, 0.3) is 0 Å². The van der Waals surface area contributed by atoms with Gasteiger partial charge in [-0.15, -0.1) is 0 Å². The normalized spacial score (nSPS) is 12.2. The highest BCUT2D eigenvalue weighted by Crippen LogP contribution is 2.10. The summed E-state index contributed by atoms with van der Waals surface area (Å²) in [6.07, 6.45) is 2.74. The van der Waals surface area contributed by atoms with Crippen molar-refractivity contribution in [3.8, 4) is 0 Å². The quantitative estimate of drug-likeness (QED) is 0.827. The van der Waals surface area contributed by atoms with Crippen molar-refractivity contribution in [1.29, 1.82) is 0 Å². The molecule has 94 valence electrons.